The van der Waals surface area contributed by atoms with Gasteiger partial charge in [-0.3, -0.25) is 19.3 Å². The molecule has 2 aromatic rings. The van der Waals surface area contributed by atoms with Gasteiger partial charge in [0.2, 0.25) is 21.8 Å². The Bertz CT molecular complexity index is 1160. The predicted octanol–water partition coefficient (Wildman–Crippen LogP) is -0.208. The van der Waals surface area contributed by atoms with Crippen LogP contribution in [-0.4, -0.2) is 86.1 Å². The summed E-state index contributed by atoms with van der Waals surface area (Å²) in [7, 11) is -3.82. The molecule has 0 radical (unpaired) electrons. The minimum atomic E-state index is -3.82. The van der Waals surface area contributed by atoms with E-state index < -0.39 is 22.0 Å². The highest BCUT2D eigenvalue weighted by molar-refractivity contribution is 7.89. The van der Waals surface area contributed by atoms with Crippen molar-refractivity contribution in [3.8, 4) is 0 Å². The maximum absolute atomic E-state index is 13.0. The Balaban J connectivity index is 1.40. The van der Waals surface area contributed by atoms with Crippen LogP contribution in [0, 0.1) is 0 Å². The number of sulfonamides is 1. The molecule has 0 spiro atoms. The lowest BCUT2D eigenvalue weighted by Gasteiger charge is -2.38. The summed E-state index contributed by atoms with van der Waals surface area (Å²) in [5.74, 6) is -0.989. The Morgan fingerprint density at radius 2 is 1.56 bits per heavy atom. The van der Waals surface area contributed by atoms with E-state index in [1.54, 1.807) is 4.90 Å². The number of nitrogens with zero attached hydrogens (tertiary/aromatic N) is 3. The summed E-state index contributed by atoms with van der Waals surface area (Å²) in [6.07, 6.45) is 0. The molecule has 2 aromatic carbocycles. The fourth-order valence-corrected chi connectivity index (χ4v) is 5.69. The predicted molar refractivity (Wildman–Crippen MR) is 124 cm³/mol. The second-order valence-electron chi connectivity index (χ2n) is 8.26. The summed E-state index contributed by atoms with van der Waals surface area (Å²) in [4.78, 5) is 40.3. The highest BCUT2D eigenvalue weighted by Crippen LogP contribution is 2.23. The van der Waals surface area contributed by atoms with Gasteiger partial charge in [-0.25, -0.2) is 8.42 Å². The Kier molecular flexibility index (Phi) is 6.96. The van der Waals surface area contributed by atoms with Crippen molar-refractivity contribution in [3.63, 3.8) is 0 Å². The monoisotopic (exact) mass is 485 g/mol. The molecule has 0 saturated carbocycles. The molecule has 1 unspecified atom stereocenters. The van der Waals surface area contributed by atoms with Crippen molar-refractivity contribution in [2.45, 2.75) is 10.9 Å². The van der Waals surface area contributed by atoms with Gasteiger partial charge in [-0.05, 0) is 29.8 Å². The van der Waals surface area contributed by atoms with Gasteiger partial charge >= 0.3 is 0 Å². The topological polar surface area (TPSA) is 133 Å². The molecule has 34 heavy (non-hydrogen) atoms. The third kappa shape index (κ3) is 4.96. The third-order valence-corrected chi connectivity index (χ3v) is 7.95. The number of nitrogens with two attached hydrogens (primary N) is 1. The smallest absolute Gasteiger partial charge is 0.253 e. The van der Waals surface area contributed by atoms with Crippen molar-refractivity contribution < 1.29 is 22.8 Å². The van der Waals surface area contributed by atoms with Crippen LogP contribution in [0.4, 0.5) is 0 Å². The molecule has 2 aliphatic heterocycles. The molecule has 180 valence electrons. The van der Waals surface area contributed by atoms with Gasteiger partial charge in [0.1, 0.15) is 6.04 Å². The van der Waals surface area contributed by atoms with E-state index in [0.717, 1.165) is 9.87 Å². The standard InChI is InChI=1S/C23H27N5O5S/c24-22(30)21(17-4-2-1-3-5-17)26-12-14-27(15-13-26)23(31)18-6-8-19(9-7-18)34(32,33)28-11-10-25-20(29)16-28/h1-9,21H,10-16H2,(H2,24,30)(H,25,29). The van der Waals surface area contributed by atoms with Crippen LogP contribution in [0.25, 0.3) is 0 Å². The van der Waals surface area contributed by atoms with Gasteiger partial charge in [-0.15, -0.1) is 0 Å². The van der Waals surface area contributed by atoms with Gasteiger partial charge in [0, 0.05) is 44.8 Å². The molecule has 0 aliphatic carbocycles. The van der Waals surface area contributed by atoms with Crippen LogP contribution in [0.5, 0.6) is 0 Å². The zero-order chi connectivity index (χ0) is 24.3. The van der Waals surface area contributed by atoms with Gasteiger partial charge in [0.25, 0.3) is 5.91 Å². The number of hydrogen-bond donors (Lipinski definition) is 2. The van der Waals surface area contributed by atoms with Gasteiger partial charge in [-0.2, -0.15) is 4.31 Å². The molecular formula is C23H27N5O5S. The lowest BCUT2D eigenvalue weighted by molar-refractivity contribution is -0.124. The molecule has 2 fully saturated rings. The zero-order valence-electron chi connectivity index (χ0n) is 18.6. The quantitative estimate of drug-likeness (QED) is 0.582. The Hall–Kier alpha value is -3.28. The van der Waals surface area contributed by atoms with E-state index in [1.807, 2.05) is 35.2 Å². The summed E-state index contributed by atoms with van der Waals surface area (Å²) in [6.45, 7) is 2.05. The summed E-state index contributed by atoms with van der Waals surface area (Å²) < 4.78 is 26.7. The number of carbonyl (C=O) groups excluding carboxylic acids is 3. The number of primary amides is 1. The van der Waals surface area contributed by atoms with Crippen LogP contribution in [0.1, 0.15) is 22.0 Å². The van der Waals surface area contributed by atoms with Crippen molar-refractivity contribution in [3.05, 3.63) is 65.7 Å². The van der Waals surface area contributed by atoms with Gasteiger partial charge in [0.05, 0.1) is 11.4 Å². The molecule has 1 atom stereocenters. The van der Waals surface area contributed by atoms with Crippen molar-refractivity contribution in [1.29, 1.82) is 0 Å². The summed E-state index contributed by atoms with van der Waals surface area (Å²) in [5.41, 5.74) is 6.85. The largest absolute Gasteiger partial charge is 0.368 e. The van der Waals surface area contributed by atoms with Crippen molar-refractivity contribution in [1.82, 2.24) is 19.4 Å². The van der Waals surface area contributed by atoms with Crippen molar-refractivity contribution in [2.24, 2.45) is 5.73 Å². The molecule has 0 bridgehead atoms. The summed E-state index contributed by atoms with van der Waals surface area (Å²) in [6, 6.07) is 14.5. The van der Waals surface area contributed by atoms with Crippen molar-refractivity contribution in [2.75, 3.05) is 45.8 Å². The fraction of sp³-hybridized carbons (Fsp3) is 0.348. The van der Waals surface area contributed by atoms with Crippen LogP contribution in [0.3, 0.4) is 0 Å². The number of hydrogen-bond acceptors (Lipinski definition) is 6. The Morgan fingerprint density at radius 3 is 2.15 bits per heavy atom. The fourth-order valence-electron chi connectivity index (χ4n) is 4.30. The molecule has 11 heteroatoms. The second-order valence-corrected chi connectivity index (χ2v) is 10.2. The van der Waals surface area contributed by atoms with Crippen LogP contribution in [-0.2, 0) is 19.6 Å². The van der Waals surface area contributed by atoms with Crippen LogP contribution in [0.15, 0.2) is 59.5 Å². The molecule has 10 nitrogen and oxygen atoms in total. The summed E-state index contributed by atoms with van der Waals surface area (Å²) in [5, 5.41) is 2.60. The minimum absolute atomic E-state index is 0.0377. The van der Waals surface area contributed by atoms with E-state index in [2.05, 4.69) is 5.32 Å². The number of amides is 3. The first-order chi connectivity index (χ1) is 16.3. The van der Waals surface area contributed by atoms with E-state index in [1.165, 1.54) is 24.3 Å². The number of nitrogens with one attached hydrogen (secondary N) is 1. The van der Waals surface area contributed by atoms with E-state index in [-0.39, 0.29) is 36.3 Å². The second kappa shape index (κ2) is 9.92. The van der Waals surface area contributed by atoms with E-state index in [9.17, 15) is 22.8 Å². The lowest BCUT2D eigenvalue weighted by atomic mass is 10.0. The first-order valence-electron chi connectivity index (χ1n) is 11.0. The number of piperazine rings is 2. The van der Waals surface area contributed by atoms with Gasteiger partial charge in [-0.1, -0.05) is 30.3 Å². The summed E-state index contributed by atoms with van der Waals surface area (Å²) >= 11 is 0. The van der Waals surface area contributed by atoms with E-state index in [4.69, 9.17) is 5.73 Å². The molecular weight excluding hydrogens is 458 g/mol. The average molecular weight is 486 g/mol. The molecule has 2 aliphatic rings. The number of carbonyl (C=O) groups is 3. The average Bonchev–Trinajstić information content (AvgIpc) is 2.85. The molecule has 0 aromatic heterocycles. The number of benzene rings is 2. The van der Waals surface area contributed by atoms with Crippen LogP contribution in [0.2, 0.25) is 0 Å². The van der Waals surface area contributed by atoms with Gasteiger partial charge in [0.15, 0.2) is 0 Å². The third-order valence-electron chi connectivity index (χ3n) is 6.09. The van der Waals surface area contributed by atoms with Crippen LogP contribution < -0.4 is 11.1 Å². The minimum Gasteiger partial charge on any atom is -0.368 e. The first-order valence-corrected chi connectivity index (χ1v) is 12.5. The SMILES string of the molecule is NC(=O)C(c1ccccc1)N1CCN(C(=O)c2ccc(S(=O)(=O)N3CCNC(=O)C3)cc2)CC1. The Morgan fingerprint density at radius 1 is 0.912 bits per heavy atom. The maximum Gasteiger partial charge on any atom is 0.253 e. The normalized spacial score (nSPS) is 18.8. The lowest BCUT2D eigenvalue weighted by Crippen LogP contribution is -2.51. The first kappa shape index (κ1) is 23.9. The molecule has 4 rings (SSSR count). The molecule has 3 amide bonds. The van der Waals surface area contributed by atoms with Crippen molar-refractivity contribution >= 4 is 27.7 Å². The molecule has 2 saturated heterocycles. The molecule has 2 heterocycles. The zero-order valence-corrected chi connectivity index (χ0v) is 19.4. The highest BCUT2D eigenvalue weighted by Gasteiger charge is 2.32. The number of rotatable bonds is 6. The maximum atomic E-state index is 13.0. The Labute approximate surface area is 198 Å². The molecule has 3 N–H and O–H groups in total. The van der Waals surface area contributed by atoms with Crippen LogP contribution >= 0.6 is 0 Å². The van der Waals surface area contributed by atoms with Gasteiger partial charge < -0.3 is 16.0 Å². The van der Waals surface area contributed by atoms with E-state index >= 15 is 0 Å². The highest BCUT2D eigenvalue weighted by atomic mass is 32.2. The van der Waals surface area contributed by atoms with E-state index in [0.29, 0.717) is 31.7 Å².